The maximum atomic E-state index is 11.3. The minimum absolute atomic E-state index is 0.126. The third-order valence-electron chi connectivity index (χ3n) is 2.09. The first kappa shape index (κ1) is 10.8. The minimum atomic E-state index is -0.126. The van der Waals surface area contributed by atoms with Crippen molar-refractivity contribution in [2.75, 3.05) is 18.5 Å². The lowest BCUT2D eigenvalue weighted by molar-refractivity contribution is 0.583. The molecule has 0 amide bonds. The molecule has 0 unspecified atom stereocenters. The summed E-state index contributed by atoms with van der Waals surface area (Å²) in [6, 6.07) is 0. The van der Waals surface area contributed by atoms with Crippen molar-refractivity contribution in [1.29, 1.82) is 0 Å². The molecule has 0 spiro atoms. The second-order valence-electron chi connectivity index (χ2n) is 3.85. The molecule has 4 heteroatoms. The summed E-state index contributed by atoms with van der Waals surface area (Å²) in [5.74, 6) is 1.13. The van der Waals surface area contributed by atoms with Crippen LogP contribution in [0.3, 0.4) is 0 Å². The normalized spacial score (nSPS) is 10.6. The molecule has 0 saturated heterocycles. The number of H-pyrrole nitrogens is 1. The van der Waals surface area contributed by atoms with E-state index in [1.165, 1.54) is 0 Å². The number of hydrogen-bond donors (Lipinski definition) is 1. The predicted octanol–water partition coefficient (Wildman–Crippen LogP) is 1.25. The Balaban J connectivity index is 2.65. The zero-order valence-electron chi connectivity index (χ0n) is 8.95. The third kappa shape index (κ3) is 2.87. The molecule has 0 radical (unpaired) electrons. The summed E-state index contributed by atoms with van der Waals surface area (Å²) in [6.45, 7) is 5.19. The highest BCUT2D eigenvalue weighted by Crippen LogP contribution is 2.04. The highest BCUT2D eigenvalue weighted by molar-refractivity contribution is 5.33. The van der Waals surface area contributed by atoms with Crippen molar-refractivity contribution in [3.63, 3.8) is 0 Å². The average molecular weight is 195 g/mol. The van der Waals surface area contributed by atoms with Gasteiger partial charge in [-0.15, -0.1) is 0 Å². The van der Waals surface area contributed by atoms with Gasteiger partial charge in [0.1, 0.15) is 0 Å². The Morgan fingerprint density at radius 3 is 2.86 bits per heavy atom. The van der Waals surface area contributed by atoms with E-state index in [1.54, 1.807) is 12.4 Å². The summed E-state index contributed by atoms with van der Waals surface area (Å²) < 4.78 is 0. The molecule has 0 aliphatic heterocycles. The average Bonchev–Trinajstić information content (AvgIpc) is 2.15. The van der Waals surface area contributed by atoms with Crippen LogP contribution in [0.4, 0.5) is 5.82 Å². The van der Waals surface area contributed by atoms with Crippen LogP contribution in [-0.2, 0) is 0 Å². The van der Waals surface area contributed by atoms with Crippen LogP contribution >= 0.6 is 0 Å². The van der Waals surface area contributed by atoms with Gasteiger partial charge in [0.25, 0.3) is 5.56 Å². The summed E-state index contributed by atoms with van der Waals surface area (Å²) in [5, 5.41) is 0. The van der Waals surface area contributed by atoms with Crippen molar-refractivity contribution in [2.24, 2.45) is 5.92 Å². The second kappa shape index (κ2) is 4.79. The molecular weight excluding hydrogens is 178 g/mol. The molecule has 0 aliphatic rings. The summed E-state index contributed by atoms with van der Waals surface area (Å²) in [5.41, 5.74) is -0.126. The second-order valence-corrected chi connectivity index (χ2v) is 3.85. The molecule has 0 atom stereocenters. The van der Waals surface area contributed by atoms with Gasteiger partial charge in [-0.25, -0.2) is 4.98 Å². The SMILES string of the molecule is CC(C)CCN(C)c1ncc[nH]c1=O. The fourth-order valence-electron chi connectivity index (χ4n) is 1.17. The summed E-state index contributed by atoms with van der Waals surface area (Å²) in [6.07, 6.45) is 4.21. The van der Waals surface area contributed by atoms with Gasteiger partial charge in [-0.2, -0.15) is 0 Å². The van der Waals surface area contributed by atoms with Crippen LogP contribution in [0, 0.1) is 5.92 Å². The number of rotatable bonds is 4. The monoisotopic (exact) mass is 195 g/mol. The van der Waals surface area contributed by atoms with Crippen molar-refractivity contribution in [1.82, 2.24) is 9.97 Å². The van der Waals surface area contributed by atoms with Gasteiger partial charge in [0.05, 0.1) is 0 Å². The van der Waals surface area contributed by atoms with E-state index in [-0.39, 0.29) is 5.56 Å². The molecule has 1 heterocycles. The van der Waals surface area contributed by atoms with E-state index in [0.717, 1.165) is 13.0 Å². The summed E-state index contributed by atoms with van der Waals surface area (Å²) >= 11 is 0. The summed E-state index contributed by atoms with van der Waals surface area (Å²) in [4.78, 5) is 19.9. The Morgan fingerprint density at radius 1 is 1.57 bits per heavy atom. The zero-order valence-corrected chi connectivity index (χ0v) is 8.95. The van der Waals surface area contributed by atoms with Gasteiger partial charge in [-0.3, -0.25) is 4.79 Å². The van der Waals surface area contributed by atoms with Crippen molar-refractivity contribution in [2.45, 2.75) is 20.3 Å². The molecular formula is C10H17N3O. The fourth-order valence-corrected chi connectivity index (χ4v) is 1.17. The van der Waals surface area contributed by atoms with E-state index in [1.807, 2.05) is 11.9 Å². The Hall–Kier alpha value is -1.32. The van der Waals surface area contributed by atoms with Crippen molar-refractivity contribution < 1.29 is 0 Å². The Morgan fingerprint density at radius 2 is 2.29 bits per heavy atom. The van der Waals surface area contributed by atoms with E-state index in [9.17, 15) is 4.79 Å². The van der Waals surface area contributed by atoms with Gasteiger partial charge in [0, 0.05) is 26.0 Å². The van der Waals surface area contributed by atoms with Crippen LogP contribution in [-0.4, -0.2) is 23.6 Å². The molecule has 78 valence electrons. The lowest BCUT2D eigenvalue weighted by atomic mass is 10.1. The molecule has 1 aromatic rings. The zero-order chi connectivity index (χ0) is 10.6. The standard InChI is InChI=1S/C10H17N3O/c1-8(2)4-7-13(3)9-10(14)12-6-5-11-9/h5-6,8H,4,7H2,1-3H3,(H,12,14). The Bertz CT molecular complexity index is 332. The number of aromatic amines is 1. The van der Waals surface area contributed by atoms with Crippen LogP contribution < -0.4 is 10.5 Å². The lowest BCUT2D eigenvalue weighted by Crippen LogP contribution is -2.27. The van der Waals surface area contributed by atoms with Crippen LogP contribution in [0.2, 0.25) is 0 Å². The first-order valence-corrected chi connectivity index (χ1v) is 4.86. The third-order valence-corrected chi connectivity index (χ3v) is 2.09. The minimum Gasteiger partial charge on any atom is -0.355 e. The fraction of sp³-hybridized carbons (Fsp3) is 0.600. The van der Waals surface area contributed by atoms with E-state index < -0.39 is 0 Å². The van der Waals surface area contributed by atoms with Gasteiger partial charge >= 0.3 is 0 Å². The number of nitrogens with zero attached hydrogens (tertiary/aromatic N) is 2. The largest absolute Gasteiger partial charge is 0.355 e. The lowest BCUT2D eigenvalue weighted by Gasteiger charge is -2.17. The molecule has 0 aliphatic carbocycles. The first-order valence-electron chi connectivity index (χ1n) is 4.86. The molecule has 0 bridgehead atoms. The maximum absolute atomic E-state index is 11.3. The van der Waals surface area contributed by atoms with Gasteiger partial charge in [0.15, 0.2) is 5.82 Å². The topological polar surface area (TPSA) is 49.0 Å². The van der Waals surface area contributed by atoms with E-state index in [4.69, 9.17) is 0 Å². The predicted molar refractivity (Wildman–Crippen MR) is 57.6 cm³/mol. The van der Waals surface area contributed by atoms with Crippen LogP contribution in [0.25, 0.3) is 0 Å². The van der Waals surface area contributed by atoms with E-state index in [2.05, 4.69) is 23.8 Å². The van der Waals surface area contributed by atoms with Gasteiger partial charge in [-0.1, -0.05) is 13.8 Å². The number of hydrogen-bond acceptors (Lipinski definition) is 3. The van der Waals surface area contributed by atoms with Gasteiger partial charge in [-0.05, 0) is 12.3 Å². The van der Waals surface area contributed by atoms with Crippen molar-refractivity contribution in [3.05, 3.63) is 22.7 Å². The highest BCUT2D eigenvalue weighted by Gasteiger charge is 2.06. The number of anilines is 1. The van der Waals surface area contributed by atoms with E-state index >= 15 is 0 Å². The maximum Gasteiger partial charge on any atom is 0.290 e. The van der Waals surface area contributed by atoms with Crippen molar-refractivity contribution in [3.8, 4) is 0 Å². The molecule has 4 nitrogen and oxygen atoms in total. The molecule has 0 fully saturated rings. The molecule has 1 N–H and O–H groups in total. The number of nitrogens with one attached hydrogen (secondary N) is 1. The van der Waals surface area contributed by atoms with Crippen LogP contribution in [0.15, 0.2) is 17.2 Å². The Kier molecular flexibility index (Phi) is 3.68. The smallest absolute Gasteiger partial charge is 0.290 e. The molecule has 0 saturated carbocycles. The quantitative estimate of drug-likeness (QED) is 0.786. The molecule has 1 rings (SSSR count). The molecule has 14 heavy (non-hydrogen) atoms. The van der Waals surface area contributed by atoms with Crippen LogP contribution in [0.1, 0.15) is 20.3 Å². The molecule has 1 aromatic heterocycles. The van der Waals surface area contributed by atoms with E-state index in [0.29, 0.717) is 11.7 Å². The van der Waals surface area contributed by atoms with Gasteiger partial charge in [0.2, 0.25) is 0 Å². The number of aromatic nitrogens is 2. The summed E-state index contributed by atoms with van der Waals surface area (Å²) in [7, 11) is 1.89. The Labute approximate surface area is 84.0 Å². The molecule has 0 aromatic carbocycles. The van der Waals surface area contributed by atoms with Gasteiger partial charge < -0.3 is 9.88 Å². The van der Waals surface area contributed by atoms with Crippen LogP contribution in [0.5, 0.6) is 0 Å². The highest BCUT2D eigenvalue weighted by atomic mass is 16.1. The van der Waals surface area contributed by atoms with Crippen molar-refractivity contribution >= 4 is 5.82 Å². The first-order chi connectivity index (χ1) is 6.61.